The van der Waals surface area contributed by atoms with Gasteiger partial charge >= 0.3 is 6.18 Å². The fourth-order valence-corrected chi connectivity index (χ4v) is 5.56. The number of aryl methyl sites for hydroxylation is 1. The highest BCUT2D eigenvalue weighted by molar-refractivity contribution is 5.94. The Balaban J connectivity index is 1.43. The molecule has 1 aromatic carbocycles. The molecular weight excluding hydrogens is 486 g/mol. The van der Waals surface area contributed by atoms with Gasteiger partial charge in [-0.3, -0.25) is 10.00 Å². The fourth-order valence-electron chi connectivity index (χ4n) is 5.56. The van der Waals surface area contributed by atoms with Gasteiger partial charge in [-0.15, -0.1) is 10.2 Å². The maximum absolute atomic E-state index is 13.8. The monoisotopic (exact) mass is 513 g/mol. The number of aromatic amines is 1. The van der Waals surface area contributed by atoms with Crippen molar-refractivity contribution in [1.29, 1.82) is 0 Å². The number of fused-ring (bicyclic) bond motifs is 1. The second kappa shape index (κ2) is 9.20. The van der Waals surface area contributed by atoms with Crippen molar-refractivity contribution in [3.05, 3.63) is 59.4 Å². The van der Waals surface area contributed by atoms with Crippen molar-refractivity contribution in [1.82, 2.24) is 34.8 Å². The number of hydrogen-bond acceptors (Lipinski definition) is 5. The number of benzene rings is 1. The third kappa shape index (κ3) is 4.49. The number of pyridine rings is 1. The first-order valence-electron chi connectivity index (χ1n) is 12.5. The Bertz CT molecular complexity index is 1420. The Labute approximate surface area is 210 Å². The Morgan fingerprint density at radius 3 is 2.65 bits per heavy atom. The average molecular weight is 514 g/mol. The van der Waals surface area contributed by atoms with Crippen molar-refractivity contribution in [2.24, 2.45) is 13.0 Å². The zero-order valence-corrected chi connectivity index (χ0v) is 20.3. The van der Waals surface area contributed by atoms with Crippen LogP contribution in [0, 0.1) is 5.92 Å². The quantitative estimate of drug-likeness (QED) is 0.357. The number of rotatable bonds is 6. The Kier molecular flexibility index (Phi) is 5.97. The van der Waals surface area contributed by atoms with E-state index in [9.17, 15) is 17.6 Å². The summed E-state index contributed by atoms with van der Waals surface area (Å²) in [5, 5.41) is 16.1. The van der Waals surface area contributed by atoms with Crippen molar-refractivity contribution in [3.63, 3.8) is 0 Å². The van der Waals surface area contributed by atoms with Crippen LogP contribution in [0.3, 0.4) is 0 Å². The van der Waals surface area contributed by atoms with Crippen LogP contribution in [0.15, 0.2) is 36.7 Å². The van der Waals surface area contributed by atoms with Crippen LogP contribution in [0.25, 0.3) is 22.2 Å². The molecule has 1 N–H and O–H groups in total. The van der Waals surface area contributed by atoms with Gasteiger partial charge in [-0.05, 0) is 42.9 Å². The summed E-state index contributed by atoms with van der Waals surface area (Å²) in [6.07, 6.45) is -0.187. The van der Waals surface area contributed by atoms with E-state index in [-0.39, 0.29) is 24.7 Å². The van der Waals surface area contributed by atoms with Crippen LogP contribution < -0.4 is 0 Å². The minimum Gasteiger partial charge on any atom is -0.320 e. The lowest BCUT2D eigenvalue weighted by molar-refractivity contribution is -0.141. The number of aromatic nitrogens is 6. The first-order valence-corrected chi connectivity index (χ1v) is 12.5. The highest BCUT2D eigenvalue weighted by Crippen LogP contribution is 2.43. The van der Waals surface area contributed by atoms with Gasteiger partial charge in [-0.2, -0.15) is 18.3 Å². The summed E-state index contributed by atoms with van der Waals surface area (Å²) in [6, 6.07) is 8.85. The molecular formula is C26H27F4N7. The van der Waals surface area contributed by atoms with Crippen molar-refractivity contribution < 1.29 is 17.6 Å². The summed E-state index contributed by atoms with van der Waals surface area (Å²) in [5.74, 6) is 1.34. The van der Waals surface area contributed by atoms with Crippen molar-refractivity contribution in [3.8, 4) is 11.3 Å². The van der Waals surface area contributed by atoms with Crippen LogP contribution >= 0.6 is 0 Å². The highest BCUT2D eigenvalue weighted by atomic mass is 19.4. The molecule has 3 aromatic heterocycles. The van der Waals surface area contributed by atoms with Crippen LogP contribution in [0.5, 0.6) is 0 Å². The smallest absolute Gasteiger partial charge is 0.320 e. The number of alkyl halides is 4. The number of hydrogen-bond donors (Lipinski definition) is 1. The molecule has 11 heteroatoms. The van der Waals surface area contributed by atoms with Crippen molar-refractivity contribution in [2.45, 2.75) is 50.5 Å². The molecule has 37 heavy (non-hydrogen) atoms. The molecule has 2 aliphatic rings. The molecule has 2 atom stereocenters. The largest absolute Gasteiger partial charge is 0.433 e. The molecule has 1 aliphatic carbocycles. The number of halogens is 4. The maximum atomic E-state index is 13.8. The van der Waals surface area contributed by atoms with Gasteiger partial charge in [-0.25, -0.2) is 9.37 Å². The van der Waals surface area contributed by atoms with Gasteiger partial charge in [0.15, 0.2) is 0 Å². The summed E-state index contributed by atoms with van der Waals surface area (Å²) in [5.41, 5.74) is 1.87. The standard InChI is InChI=1S/C26H27F4N7/c1-36-14-31-35-25(36)22(15-4-2-5-15)16-6-3-7-17(10-16)23-19-11-21(26(28,29)30)32-20(24(19)34-33-23)13-37-9-8-18(27)12-37/h3,6-7,10-11,14-15,18,22H,2,4-5,8-9,12-13H2,1H3,(H,33,34)/t18-,22+/m0/s1. The van der Waals surface area contributed by atoms with Gasteiger partial charge < -0.3 is 4.57 Å². The molecule has 1 saturated carbocycles. The predicted molar refractivity (Wildman–Crippen MR) is 129 cm³/mol. The average Bonchev–Trinajstić information content (AvgIpc) is 3.55. The summed E-state index contributed by atoms with van der Waals surface area (Å²) in [7, 11) is 1.92. The molecule has 194 valence electrons. The van der Waals surface area contributed by atoms with E-state index >= 15 is 0 Å². The van der Waals surface area contributed by atoms with Gasteiger partial charge in [0.05, 0.1) is 11.2 Å². The van der Waals surface area contributed by atoms with E-state index in [1.54, 1.807) is 11.2 Å². The molecule has 4 heterocycles. The number of H-pyrrole nitrogens is 1. The molecule has 0 bridgehead atoms. The summed E-state index contributed by atoms with van der Waals surface area (Å²) in [4.78, 5) is 5.71. The number of nitrogens with one attached hydrogen (secondary N) is 1. The van der Waals surface area contributed by atoms with E-state index in [0.29, 0.717) is 41.0 Å². The van der Waals surface area contributed by atoms with Gasteiger partial charge in [0.25, 0.3) is 0 Å². The first kappa shape index (κ1) is 24.0. The van der Waals surface area contributed by atoms with E-state index in [0.717, 1.165) is 30.3 Å². The lowest BCUT2D eigenvalue weighted by Gasteiger charge is -2.33. The molecule has 1 saturated heterocycles. The highest BCUT2D eigenvalue weighted by Gasteiger charge is 2.36. The topological polar surface area (TPSA) is 75.5 Å². The third-order valence-corrected chi connectivity index (χ3v) is 7.67. The van der Waals surface area contributed by atoms with E-state index in [4.69, 9.17) is 0 Å². The van der Waals surface area contributed by atoms with E-state index < -0.39 is 18.0 Å². The molecule has 7 nitrogen and oxygen atoms in total. The molecule has 4 aromatic rings. The third-order valence-electron chi connectivity index (χ3n) is 7.67. The molecule has 2 fully saturated rings. The van der Waals surface area contributed by atoms with Gasteiger partial charge in [0, 0.05) is 43.5 Å². The number of likely N-dealkylation sites (tertiary alicyclic amines) is 1. The minimum atomic E-state index is -4.62. The molecule has 0 unspecified atom stereocenters. The SMILES string of the molecule is Cn1cnnc1[C@@H](c1cccc(-c2n[nH]c3c(CN4CC[C@H](F)C4)nc(C(F)(F)F)cc23)c1)C1CCC1. The maximum Gasteiger partial charge on any atom is 0.433 e. The molecule has 0 amide bonds. The molecule has 6 rings (SSSR count). The van der Waals surface area contributed by atoms with Gasteiger partial charge in [0.1, 0.15) is 29.7 Å². The van der Waals surface area contributed by atoms with Crippen molar-refractivity contribution in [2.75, 3.05) is 13.1 Å². The van der Waals surface area contributed by atoms with Crippen LogP contribution in [-0.2, 0) is 19.8 Å². The van der Waals surface area contributed by atoms with Crippen LogP contribution in [0.2, 0.25) is 0 Å². The van der Waals surface area contributed by atoms with Crippen LogP contribution in [0.4, 0.5) is 17.6 Å². The van der Waals surface area contributed by atoms with Crippen LogP contribution in [-0.4, -0.2) is 54.1 Å². The lowest BCUT2D eigenvalue weighted by atomic mass is 9.72. The zero-order valence-electron chi connectivity index (χ0n) is 20.3. The Hall–Kier alpha value is -3.34. The minimum absolute atomic E-state index is 0.0400. The van der Waals surface area contributed by atoms with E-state index in [1.807, 2.05) is 35.9 Å². The fraction of sp³-hybridized carbons (Fsp3) is 0.462. The molecule has 0 spiro atoms. The Morgan fingerprint density at radius 1 is 1.16 bits per heavy atom. The van der Waals surface area contributed by atoms with Gasteiger partial charge in [-0.1, -0.05) is 24.6 Å². The normalized spacial score (nSPS) is 20.0. The van der Waals surface area contributed by atoms with Crippen molar-refractivity contribution >= 4 is 10.9 Å². The second-order valence-corrected chi connectivity index (χ2v) is 10.2. The molecule has 1 aliphatic heterocycles. The summed E-state index contributed by atoms with van der Waals surface area (Å²) in [6.45, 7) is 0.791. The van der Waals surface area contributed by atoms with Crippen LogP contribution in [0.1, 0.15) is 54.4 Å². The first-order chi connectivity index (χ1) is 17.8. The lowest BCUT2D eigenvalue weighted by Crippen LogP contribution is -2.24. The molecule has 0 radical (unpaired) electrons. The Morgan fingerprint density at radius 2 is 2.00 bits per heavy atom. The summed E-state index contributed by atoms with van der Waals surface area (Å²) < 4.78 is 57.1. The second-order valence-electron chi connectivity index (χ2n) is 10.2. The predicted octanol–water partition coefficient (Wildman–Crippen LogP) is 5.25. The van der Waals surface area contributed by atoms with Gasteiger partial charge in [0.2, 0.25) is 0 Å². The van der Waals surface area contributed by atoms with E-state index in [2.05, 4.69) is 25.4 Å². The zero-order chi connectivity index (χ0) is 25.7. The van der Waals surface area contributed by atoms with E-state index in [1.165, 1.54) is 6.42 Å². The summed E-state index contributed by atoms with van der Waals surface area (Å²) >= 11 is 0. The number of nitrogens with zero attached hydrogens (tertiary/aromatic N) is 6.